The minimum Gasteiger partial charge on any atom is -0.480 e. The van der Waals surface area contributed by atoms with E-state index in [1.165, 1.54) is 11.8 Å². The number of carbonyl (C=O) groups excluding carboxylic acids is 1. The highest BCUT2D eigenvalue weighted by Gasteiger charge is 2.14. The molecule has 7 heteroatoms. The molecular weight excluding hydrogens is 312 g/mol. The minimum absolute atomic E-state index is 0.332. The van der Waals surface area contributed by atoms with Gasteiger partial charge < -0.3 is 10.4 Å². The first-order valence-electron chi connectivity index (χ1n) is 5.94. The second kappa shape index (κ2) is 7.10. The lowest BCUT2D eigenvalue weighted by molar-refractivity contribution is -0.135. The molecule has 0 atom stereocenters. The molecule has 0 spiro atoms. The number of rotatable bonds is 5. The molecule has 1 amide bonds. The Labute approximate surface area is 130 Å². The Kier molecular flexibility index (Phi) is 5.19. The first-order valence-corrected chi connectivity index (χ1v) is 7.14. The van der Waals surface area contributed by atoms with Crippen molar-refractivity contribution in [3.05, 3.63) is 53.2 Å². The van der Waals surface area contributed by atoms with Crippen LogP contribution in [0.25, 0.3) is 0 Å². The molecule has 1 heterocycles. The lowest BCUT2D eigenvalue weighted by atomic mass is 10.2. The zero-order valence-electron chi connectivity index (χ0n) is 10.7. The van der Waals surface area contributed by atoms with Crippen LogP contribution in [-0.2, 0) is 4.79 Å². The second-order valence-electron chi connectivity index (χ2n) is 3.99. The van der Waals surface area contributed by atoms with E-state index in [-0.39, 0.29) is 0 Å². The van der Waals surface area contributed by atoms with Crippen molar-refractivity contribution in [1.82, 2.24) is 10.3 Å². The van der Waals surface area contributed by atoms with Crippen LogP contribution in [0.2, 0.25) is 5.02 Å². The van der Waals surface area contributed by atoms with E-state index in [2.05, 4.69) is 10.3 Å². The van der Waals surface area contributed by atoms with Gasteiger partial charge in [-0.25, -0.2) is 4.98 Å². The van der Waals surface area contributed by atoms with Crippen LogP contribution in [0.4, 0.5) is 0 Å². The number of aromatic nitrogens is 1. The molecule has 0 fully saturated rings. The summed E-state index contributed by atoms with van der Waals surface area (Å²) in [7, 11) is 0. The van der Waals surface area contributed by atoms with Gasteiger partial charge >= 0.3 is 5.97 Å². The van der Waals surface area contributed by atoms with Crippen molar-refractivity contribution in [3.63, 3.8) is 0 Å². The van der Waals surface area contributed by atoms with E-state index in [4.69, 9.17) is 16.7 Å². The summed E-state index contributed by atoms with van der Waals surface area (Å²) in [5.41, 5.74) is 0.332. The summed E-state index contributed by atoms with van der Waals surface area (Å²) in [5.74, 6) is -1.57. The van der Waals surface area contributed by atoms with Gasteiger partial charge in [0.15, 0.2) is 0 Å². The van der Waals surface area contributed by atoms with Gasteiger partial charge in [0.2, 0.25) is 0 Å². The zero-order chi connectivity index (χ0) is 15.2. The number of pyridine rings is 1. The summed E-state index contributed by atoms with van der Waals surface area (Å²) in [5, 5.41) is 12.0. The highest BCUT2D eigenvalue weighted by Crippen LogP contribution is 2.29. The zero-order valence-corrected chi connectivity index (χ0v) is 12.3. The fraction of sp³-hybridized carbons (Fsp3) is 0.0714. The molecule has 108 valence electrons. The van der Waals surface area contributed by atoms with Crippen molar-refractivity contribution >= 4 is 35.2 Å². The van der Waals surface area contributed by atoms with Crippen LogP contribution in [-0.4, -0.2) is 28.5 Å². The van der Waals surface area contributed by atoms with Crippen LogP contribution in [0.1, 0.15) is 10.4 Å². The number of aliphatic carboxylic acids is 1. The fourth-order valence-corrected chi connectivity index (χ4v) is 2.52. The van der Waals surface area contributed by atoms with Gasteiger partial charge in [-0.2, -0.15) is 0 Å². The summed E-state index contributed by atoms with van der Waals surface area (Å²) in [6, 6.07) is 10.4. The summed E-state index contributed by atoms with van der Waals surface area (Å²) < 4.78 is 0. The van der Waals surface area contributed by atoms with Gasteiger partial charge in [-0.1, -0.05) is 23.4 Å². The minimum atomic E-state index is -1.10. The number of benzene rings is 1. The van der Waals surface area contributed by atoms with Crippen molar-refractivity contribution < 1.29 is 14.7 Å². The van der Waals surface area contributed by atoms with Crippen molar-refractivity contribution in [2.75, 3.05) is 6.54 Å². The van der Waals surface area contributed by atoms with Crippen molar-refractivity contribution in [2.45, 2.75) is 9.92 Å². The maximum absolute atomic E-state index is 12.0. The Morgan fingerprint density at radius 2 is 1.95 bits per heavy atom. The number of nitrogens with zero attached hydrogens (tertiary/aromatic N) is 1. The first kappa shape index (κ1) is 15.3. The van der Waals surface area contributed by atoms with E-state index in [9.17, 15) is 9.59 Å². The summed E-state index contributed by atoms with van der Waals surface area (Å²) in [6.45, 7) is -0.432. The highest BCUT2D eigenvalue weighted by molar-refractivity contribution is 7.99. The van der Waals surface area contributed by atoms with E-state index < -0.39 is 18.4 Å². The van der Waals surface area contributed by atoms with Crippen molar-refractivity contribution in [1.29, 1.82) is 0 Å². The van der Waals surface area contributed by atoms with Crippen molar-refractivity contribution in [3.8, 4) is 0 Å². The van der Waals surface area contributed by atoms with E-state index in [0.29, 0.717) is 15.6 Å². The highest BCUT2D eigenvalue weighted by atomic mass is 35.5. The van der Waals surface area contributed by atoms with Gasteiger partial charge in [0.05, 0.1) is 5.56 Å². The smallest absolute Gasteiger partial charge is 0.322 e. The van der Waals surface area contributed by atoms with Crippen LogP contribution in [0.3, 0.4) is 0 Å². The van der Waals surface area contributed by atoms with Gasteiger partial charge in [0, 0.05) is 16.1 Å². The monoisotopic (exact) mass is 322 g/mol. The standard InChI is InChI=1S/C14H11ClN2O3S/c15-9-3-5-10(6-4-9)21-14-11(2-1-7-16-14)13(20)17-8-12(18)19/h1-7H,8H2,(H,17,20)(H,18,19). The summed E-state index contributed by atoms with van der Waals surface area (Å²) in [4.78, 5) is 27.5. The molecular formula is C14H11ClN2O3S. The average Bonchev–Trinajstić information content (AvgIpc) is 2.48. The van der Waals surface area contributed by atoms with Gasteiger partial charge in [-0.15, -0.1) is 0 Å². The van der Waals surface area contributed by atoms with Gasteiger partial charge in [-0.05, 0) is 36.4 Å². The molecule has 1 aromatic carbocycles. The number of halogens is 1. The van der Waals surface area contributed by atoms with Gasteiger partial charge in [0.1, 0.15) is 11.6 Å². The Balaban J connectivity index is 2.18. The molecule has 0 aliphatic heterocycles. The second-order valence-corrected chi connectivity index (χ2v) is 5.49. The molecule has 2 aromatic rings. The van der Waals surface area contributed by atoms with Crippen LogP contribution in [0.5, 0.6) is 0 Å². The quantitative estimate of drug-likeness (QED) is 0.884. The molecule has 0 aliphatic rings. The lowest BCUT2D eigenvalue weighted by Crippen LogP contribution is -2.29. The number of hydrogen-bond acceptors (Lipinski definition) is 4. The number of nitrogens with one attached hydrogen (secondary N) is 1. The molecule has 0 radical (unpaired) electrons. The molecule has 2 rings (SSSR count). The van der Waals surface area contributed by atoms with E-state index >= 15 is 0 Å². The molecule has 0 saturated carbocycles. The Morgan fingerprint density at radius 1 is 1.24 bits per heavy atom. The number of carboxylic acids is 1. The molecule has 0 bridgehead atoms. The van der Waals surface area contributed by atoms with Crippen LogP contribution >= 0.6 is 23.4 Å². The van der Waals surface area contributed by atoms with Crippen LogP contribution in [0.15, 0.2) is 52.5 Å². The maximum Gasteiger partial charge on any atom is 0.322 e. The van der Waals surface area contributed by atoms with Gasteiger partial charge in [0.25, 0.3) is 5.91 Å². The Morgan fingerprint density at radius 3 is 2.62 bits per heavy atom. The molecule has 0 saturated heterocycles. The number of hydrogen-bond donors (Lipinski definition) is 2. The molecule has 5 nitrogen and oxygen atoms in total. The van der Waals surface area contributed by atoms with Crippen LogP contribution in [0, 0.1) is 0 Å². The normalized spacial score (nSPS) is 10.1. The third-order valence-corrected chi connectivity index (χ3v) is 3.72. The third-order valence-electron chi connectivity index (χ3n) is 2.44. The molecule has 21 heavy (non-hydrogen) atoms. The summed E-state index contributed by atoms with van der Waals surface area (Å²) >= 11 is 7.13. The largest absolute Gasteiger partial charge is 0.480 e. The van der Waals surface area contributed by atoms with E-state index in [1.807, 2.05) is 12.1 Å². The average molecular weight is 323 g/mol. The molecule has 0 unspecified atom stereocenters. The maximum atomic E-state index is 12.0. The molecule has 0 aliphatic carbocycles. The fourth-order valence-electron chi connectivity index (χ4n) is 1.51. The lowest BCUT2D eigenvalue weighted by Gasteiger charge is -2.07. The Bertz CT molecular complexity index is 662. The SMILES string of the molecule is O=C(O)CNC(=O)c1cccnc1Sc1ccc(Cl)cc1. The topological polar surface area (TPSA) is 79.3 Å². The van der Waals surface area contributed by atoms with E-state index in [0.717, 1.165) is 4.90 Å². The number of carbonyl (C=O) groups is 2. The Hall–Kier alpha value is -2.05. The summed E-state index contributed by atoms with van der Waals surface area (Å²) in [6.07, 6.45) is 1.58. The predicted molar refractivity (Wildman–Crippen MR) is 79.8 cm³/mol. The first-order chi connectivity index (χ1) is 10.1. The van der Waals surface area contributed by atoms with E-state index in [1.54, 1.807) is 30.5 Å². The number of carboxylic acid groups (broad SMARTS) is 1. The number of amides is 1. The van der Waals surface area contributed by atoms with Crippen molar-refractivity contribution in [2.24, 2.45) is 0 Å². The predicted octanol–water partition coefficient (Wildman–Crippen LogP) is 2.70. The molecule has 1 aromatic heterocycles. The third kappa shape index (κ3) is 4.47. The van der Waals surface area contributed by atoms with Crippen LogP contribution < -0.4 is 5.32 Å². The molecule has 2 N–H and O–H groups in total. The van der Waals surface area contributed by atoms with Gasteiger partial charge in [-0.3, -0.25) is 9.59 Å².